The molecule has 194 valence electrons. The summed E-state index contributed by atoms with van der Waals surface area (Å²) in [5.74, 6) is -0.361. The number of halogens is 6. The highest BCUT2D eigenvalue weighted by Gasteiger charge is 2.48. The third-order valence-electron chi connectivity index (χ3n) is 6.11. The molecule has 0 atom stereocenters. The number of hydrogen-bond acceptors (Lipinski definition) is 4. The van der Waals surface area contributed by atoms with Gasteiger partial charge in [0.2, 0.25) is 5.91 Å². The van der Waals surface area contributed by atoms with Gasteiger partial charge in [-0.05, 0) is 42.7 Å². The van der Waals surface area contributed by atoms with E-state index < -0.39 is 43.7 Å². The molecular weight excluding hydrogens is 516 g/mol. The Kier molecular flexibility index (Phi) is 6.43. The van der Waals surface area contributed by atoms with Crippen LogP contribution in [0.3, 0.4) is 0 Å². The molecular formula is C22H19F6N3O4S. The second-order valence-electron chi connectivity index (χ2n) is 8.39. The van der Waals surface area contributed by atoms with E-state index in [0.29, 0.717) is 5.56 Å². The van der Waals surface area contributed by atoms with Crippen LogP contribution in [-0.2, 0) is 27.2 Å². The zero-order chi connectivity index (χ0) is 26.5. The monoisotopic (exact) mass is 535 g/mol. The number of alkyl halides is 6. The quantitative estimate of drug-likeness (QED) is 0.511. The molecule has 0 aliphatic carbocycles. The molecule has 1 aliphatic rings. The maximum atomic E-state index is 13.2. The summed E-state index contributed by atoms with van der Waals surface area (Å²) in [5, 5.41) is 0. The lowest BCUT2D eigenvalue weighted by Crippen LogP contribution is -2.41. The van der Waals surface area contributed by atoms with Crippen LogP contribution in [0.4, 0.5) is 26.3 Å². The number of piperidine rings is 1. The van der Waals surface area contributed by atoms with Gasteiger partial charge in [-0.25, -0.2) is 13.2 Å². The fourth-order valence-electron chi connectivity index (χ4n) is 4.31. The van der Waals surface area contributed by atoms with E-state index in [-0.39, 0.29) is 49.3 Å². The molecule has 2 aromatic carbocycles. The summed E-state index contributed by atoms with van der Waals surface area (Å²) in [5.41, 5.74) is -7.24. The molecule has 1 N–H and O–H groups in total. The van der Waals surface area contributed by atoms with Gasteiger partial charge in [-0.15, -0.1) is 0 Å². The van der Waals surface area contributed by atoms with Gasteiger partial charge in [0.1, 0.15) is 4.90 Å². The van der Waals surface area contributed by atoms with Gasteiger partial charge in [0, 0.05) is 19.1 Å². The van der Waals surface area contributed by atoms with Crippen molar-refractivity contribution in [2.45, 2.75) is 41.9 Å². The number of imidazole rings is 1. The number of amides is 1. The number of likely N-dealkylation sites (tertiary alicyclic amines) is 1. The normalized spacial score (nSPS) is 16.0. The molecule has 14 heteroatoms. The van der Waals surface area contributed by atoms with E-state index in [0.717, 1.165) is 28.8 Å². The van der Waals surface area contributed by atoms with Gasteiger partial charge in [0.15, 0.2) is 0 Å². The first-order valence-electron chi connectivity index (χ1n) is 10.7. The summed E-state index contributed by atoms with van der Waals surface area (Å²) < 4.78 is 103. The number of carbonyl (C=O) groups excluding carboxylic acids is 1. The van der Waals surface area contributed by atoms with Crippen molar-refractivity contribution in [3.63, 3.8) is 0 Å². The van der Waals surface area contributed by atoms with Crippen molar-refractivity contribution in [1.29, 1.82) is 0 Å². The largest absolute Gasteiger partial charge is 0.501 e. The molecule has 2 heterocycles. The predicted molar refractivity (Wildman–Crippen MR) is 116 cm³/mol. The maximum absolute atomic E-state index is 13.2. The van der Waals surface area contributed by atoms with Crippen molar-refractivity contribution < 1.29 is 39.6 Å². The Balaban J connectivity index is 1.53. The van der Waals surface area contributed by atoms with Crippen LogP contribution in [-0.4, -0.2) is 47.4 Å². The number of aromatic nitrogens is 2. The van der Waals surface area contributed by atoms with Crippen molar-refractivity contribution in [2.24, 2.45) is 0 Å². The highest BCUT2D eigenvalue weighted by Crippen LogP contribution is 2.36. The molecule has 0 spiro atoms. The van der Waals surface area contributed by atoms with Crippen molar-refractivity contribution >= 4 is 26.8 Å². The third kappa shape index (κ3) is 4.73. The number of carbonyl (C=O) groups is 1. The second kappa shape index (κ2) is 8.98. The zero-order valence-corrected chi connectivity index (χ0v) is 19.2. The first kappa shape index (κ1) is 25.8. The average molecular weight is 535 g/mol. The maximum Gasteiger partial charge on any atom is 0.501 e. The van der Waals surface area contributed by atoms with Crippen LogP contribution in [0, 0.1) is 0 Å². The Morgan fingerprint density at radius 1 is 0.972 bits per heavy atom. The highest BCUT2D eigenvalue weighted by molar-refractivity contribution is 7.92. The van der Waals surface area contributed by atoms with Gasteiger partial charge in [0.05, 0.1) is 23.0 Å². The number of nitrogens with one attached hydrogen (secondary N) is 1. The number of fused-ring (bicyclic) bond motifs is 1. The molecule has 1 aromatic heterocycles. The van der Waals surface area contributed by atoms with Crippen molar-refractivity contribution in [1.82, 2.24) is 14.5 Å². The summed E-state index contributed by atoms with van der Waals surface area (Å²) in [6.07, 6.45) is -4.33. The molecule has 1 fully saturated rings. The Labute approximate surface area is 200 Å². The molecule has 36 heavy (non-hydrogen) atoms. The van der Waals surface area contributed by atoms with Crippen molar-refractivity contribution in [3.8, 4) is 0 Å². The Hall–Kier alpha value is -3.29. The molecule has 1 saturated heterocycles. The van der Waals surface area contributed by atoms with Crippen LogP contribution in [0.25, 0.3) is 11.0 Å². The lowest BCUT2D eigenvalue weighted by Gasteiger charge is -2.33. The second-order valence-corrected chi connectivity index (χ2v) is 10.3. The number of benzene rings is 2. The first-order valence-corrected chi connectivity index (χ1v) is 12.2. The summed E-state index contributed by atoms with van der Waals surface area (Å²) in [7, 11) is -5.74. The molecule has 3 aromatic rings. The minimum atomic E-state index is -5.74. The minimum Gasteiger partial charge on any atom is -0.342 e. The number of sulfone groups is 1. The van der Waals surface area contributed by atoms with Crippen LogP contribution in [0.5, 0.6) is 0 Å². The summed E-state index contributed by atoms with van der Waals surface area (Å²) in [6, 6.07) is 6.69. The van der Waals surface area contributed by atoms with Crippen LogP contribution in [0.2, 0.25) is 0 Å². The van der Waals surface area contributed by atoms with Gasteiger partial charge < -0.3 is 9.88 Å². The van der Waals surface area contributed by atoms with Gasteiger partial charge >= 0.3 is 17.4 Å². The van der Waals surface area contributed by atoms with Crippen molar-refractivity contribution in [2.75, 3.05) is 13.1 Å². The summed E-state index contributed by atoms with van der Waals surface area (Å²) >= 11 is 0. The van der Waals surface area contributed by atoms with E-state index in [4.69, 9.17) is 0 Å². The lowest BCUT2D eigenvalue weighted by atomic mass is 10.0. The van der Waals surface area contributed by atoms with Crippen LogP contribution in [0.1, 0.15) is 30.0 Å². The molecule has 0 radical (unpaired) electrons. The molecule has 1 amide bonds. The average Bonchev–Trinajstić information content (AvgIpc) is 3.13. The van der Waals surface area contributed by atoms with E-state index in [2.05, 4.69) is 4.98 Å². The smallest absolute Gasteiger partial charge is 0.342 e. The molecule has 0 bridgehead atoms. The van der Waals surface area contributed by atoms with Crippen LogP contribution < -0.4 is 5.69 Å². The fraction of sp³-hybridized carbons (Fsp3) is 0.364. The Morgan fingerprint density at radius 2 is 1.58 bits per heavy atom. The van der Waals surface area contributed by atoms with E-state index in [1.165, 1.54) is 23.1 Å². The topological polar surface area (TPSA) is 92.2 Å². The molecule has 7 nitrogen and oxygen atoms in total. The van der Waals surface area contributed by atoms with Crippen LogP contribution in [0.15, 0.2) is 52.2 Å². The van der Waals surface area contributed by atoms with E-state index in [1.807, 2.05) is 0 Å². The predicted octanol–water partition coefficient (Wildman–Crippen LogP) is 4.05. The summed E-state index contributed by atoms with van der Waals surface area (Å²) in [4.78, 5) is 28.0. The number of H-pyrrole nitrogens is 1. The highest BCUT2D eigenvalue weighted by atomic mass is 32.2. The number of hydrogen-bond donors (Lipinski definition) is 1. The van der Waals surface area contributed by atoms with Gasteiger partial charge in [-0.3, -0.25) is 9.36 Å². The Bertz CT molecular complexity index is 1450. The lowest BCUT2D eigenvalue weighted by molar-refractivity contribution is -0.137. The number of para-hydroxylation sites is 1. The summed E-state index contributed by atoms with van der Waals surface area (Å²) in [6.45, 7) is 0.245. The van der Waals surface area contributed by atoms with E-state index in [1.54, 1.807) is 0 Å². The SMILES string of the molecule is O=C(Cc1ccc(C(F)(F)F)cc1)N1CCC(n2c(=O)[nH]c3cccc(S(=O)(=O)C(F)(F)F)c32)CC1. The Morgan fingerprint density at radius 3 is 2.14 bits per heavy atom. The van der Waals surface area contributed by atoms with Crippen molar-refractivity contribution in [3.05, 3.63) is 64.1 Å². The number of aromatic amines is 1. The third-order valence-corrected chi connectivity index (χ3v) is 7.63. The minimum absolute atomic E-state index is 0.0638. The van der Waals surface area contributed by atoms with Gasteiger partial charge in [-0.1, -0.05) is 18.2 Å². The molecule has 4 rings (SSSR count). The van der Waals surface area contributed by atoms with Gasteiger partial charge in [-0.2, -0.15) is 26.3 Å². The standard InChI is InChI=1S/C22H19F6N3O4S/c23-21(24,25)14-6-4-13(5-7-14)12-18(32)30-10-8-15(9-11-30)31-19-16(29-20(31)33)2-1-3-17(19)36(34,35)22(26,27)28/h1-7,15H,8-12H2,(H,29,33). The zero-order valence-electron chi connectivity index (χ0n) is 18.4. The molecule has 1 aliphatic heterocycles. The number of rotatable bonds is 4. The first-order chi connectivity index (χ1) is 16.7. The van der Waals surface area contributed by atoms with Crippen LogP contribution >= 0.6 is 0 Å². The van der Waals surface area contributed by atoms with E-state index in [9.17, 15) is 44.3 Å². The molecule has 0 unspecified atom stereocenters. The van der Waals surface area contributed by atoms with Gasteiger partial charge in [0.25, 0.3) is 9.84 Å². The number of nitrogens with zero attached hydrogens (tertiary/aromatic N) is 2. The fourth-order valence-corrected chi connectivity index (χ4v) is 5.28. The van der Waals surface area contributed by atoms with E-state index >= 15 is 0 Å². The molecule has 0 saturated carbocycles.